The van der Waals surface area contributed by atoms with E-state index in [-0.39, 0.29) is 17.9 Å². The summed E-state index contributed by atoms with van der Waals surface area (Å²) in [6, 6.07) is 13.9. The molecule has 2 fully saturated rings. The van der Waals surface area contributed by atoms with Crippen LogP contribution in [0.25, 0.3) is 0 Å². The highest BCUT2D eigenvalue weighted by molar-refractivity contribution is 6.00. The lowest BCUT2D eigenvalue weighted by molar-refractivity contribution is -0.163. The van der Waals surface area contributed by atoms with Crippen molar-refractivity contribution in [3.8, 4) is 0 Å². The number of benzene rings is 1. The van der Waals surface area contributed by atoms with Gasteiger partial charge in [0.15, 0.2) is 0 Å². The van der Waals surface area contributed by atoms with Crippen LogP contribution >= 0.6 is 0 Å². The highest BCUT2D eigenvalue weighted by atomic mass is 16.2. The number of piperidine rings is 1. The van der Waals surface area contributed by atoms with Gasteiger partial charge in [-0.2, -0.15) is 5.10 Å². The molecule has 0 aliphatic carbocycles. The Kier molecular flexibility index (Phi) is 7.34. The Balaban J connectivity index is 1.46. The third kappa shape index (κ3) is 4.85. The van der Waals surface area contributed by atoms with Crippen LogP contribution in [0.1, 0.15) is 67.2 Å². The number of aromatic nitrogens is 3. The fraction of sp³-hybridized carbons (Fsp3) is 0.467. The number of H-pyrrole nitrogens is 1. The molecule has 3 aromatic rings. The number of hydrogen-bond donors (Lipinski definition) is 2. The van der Waals surface area contributed by atoms with Gasteiger partial charge in [-0.3, -0.25) is 24.6 Å². The third-order valence-corrected chi connectivity index (χ3v) is 8.14. The van der Waals surface area contributed by atoms with Crippen LogP contribution in [0.2, 0.25) is 0 Å². The molecule has 2 unspecified atom stereocenters. The van der Waals surface area contributed by atoms with Crippen LogP contribution in [0.15, 0.2) is 54.9 Å². The number of aromatic amines is 1. The second kappa shape index (κ2) is 10.7. The molecule has 0 bridgehead atoms. The molecule has 2 N–H and O–H groups in total. The summed E-state index contributed by atoms with van der Waals surface area (Å²) in [5.41, 5.74) is 4.48. The molecule has 2 aromatic heterocycles. The number of rotatable bonds is 7. The van der Waals surface area contributed by atoms with E-state index in [2.05, 4.69) is 70.4 Å². The summed E-state index contributed by atoms with van der Waals surface area (Å²) < 4.78 is 0. The fourth-order valence-electron chi connectivity index (χ4n) is 6.22. The lowest BCUT2D eigenvalue weighted by Crippen LogP contribution is -2.72. The highest BCUT2D eigenvalue weighted by Crippen LogP contribution is 2.40. The maximum absolute atomic E-state index is 13.9. The van der Waals surface area contributed by atoms with Crippen molar-refractivity contribution >= 4 is 11.8 Å². The molecular weight excluding hydrogens is 476 g/mol. The molecule has 8 nitrogen and oxygen atoms in total. The van der Waals surface area contributed by atoms with Gasteiger partial charge in [-0.1, -0.05) is 50.2 Å². The minimum atomic E-state index is -0.876. The first-order valence-corrected chi connectivity index (χ1v) is 13.6. The molecule has 2 atom stereocenters. The van der Waals surface area contributed by atoms with Crippen molar-refractivity contribution in [3.63, 3.8) is 0 Å². The molecule has 2 saturated heterocycles. The number of carbonyl (C=O) groups excluding carboxylic acids is 2. The van der Waals surface area contributed by atoms with Crippen molar-refractivity contribution < 1.29 is 9.59 Å². The average Bonchev–Trinajstić information content (AvgIpc) is 3.25. The van der Waals surface area contributed by atoms with Crippen LogP contribution < -0.4 is 5.32 Å². The van der Waals surface area contributed by atoms with Gasteiger partial charge in [0.2, 0.25) is 11.8 Å². The normalized spacial score (nSPS) is 20.7. The fourth-order valence-corrected chi connectivity index (χ4v) is 6.22. The SMILES string of the molecule is Cc1n[nH]c(C)c1C(c1ccccc1)N1CCC2(CC1)C(=O)NC(CC(C)C)C(=O)N2Cc1cccnc1. The second-order valence-corrected chi connectivity index (χ2v) is 11.2. The lowest BCUT2D eigenvalue weighted by atomic mass is 9.79. The van der Waals surface area contributed by atoms with Crippen molar-refractivity contribution in [2.24, 2.45) is 5.92 Å². The summed E-state index contributed by atoms with van der Waals surface area (Å²) in [5.74, 6) is 0.281. The number of carbonyl (C=O) groups is 2. The first-order chi connectivity index (χ1) is 18.3. The molecule has 200 valence electrons. The van der Waals surface area contributed by atoms with Gasteiger partial charge in [0, 0.05) is 43.3 Å². The highest BCUT2D eigenvalue weighted by Gasteiger charge is 2.54. The van der Waals surface area contributed by atoms with Crippen LogP contribution in [0.5, 0.6) is 0 Å². The van der Waals surface area contributed by atoms with E-state index >= 15 is 0 Å². The number of amides is 2. The summed E-state index contributed by atoms with van der Waals surface area (Å²) in [4.78, 5) is 36.3. The minimum Gasteiger partial charge on any atom is -0.342 e. The molecule has 1 aromatic carbocycles. The number of nitrogens with one attached hydrogen (secondary N) is 2. The Labute approximate surface area is 224 Å². The first-order valence-electron chi connectivity index (χ1n) is 13.6. The molecule has 2 aliphatic rings. The van der Waals surface area contributed by atoms with Gasteiger partial charge in [-0.05, 0) is 56.2 Å². The van der Waals surface area contributed by atoms with Gasteiger partial charge in [-0.25, -0.2) is 0 Å². The summed E-state index contributed by atoms with van der Waals surface area (Å²) >= 11 is 0. The Morgan fingerprint density at radius 3 is 2.39 bits per heavy atom. The van der Waals surface area contributed by atoms with Crippen LogP contribution in [0.3, 0.4) is 0 Å². The Bertz CT molecular complexity index is 1240. The van der Waals surface area contributed by atoms with E-state index in [0.717, 1.165) is 17.0 Å². The molecule has 8 heteroatoms. The van der Waals surface area contributed by atoms with E-state index in [1.165, 1.54) is 11.1 Å². The maximum atomic E-state index is 13.9. The lowest BCUT2D eigenvalue weighted by Gasteiger charge is -2.52. The third-order valence-electron chi connectivity index (χ3n) is 8.14. The molecule has 4 heterocycles. The van der Waals surface area contributed by atoms with Crippen molar-refractivity contribution in [2.45, 2.75) is 71.1 Å². The molecule has 2 amide bonds. The summed E-state index contributed by atoms with van der Waals surface area (Å²) in [6.45, 7) is 10.0. The predicted molar refractivity (Wildman–Crippen MR) is 146 cm³/mol. The largest absolute Gasteiger partial charge is 0.342 e. The summed E-state index contributed by atoms with van der Waals surface area (Å²) in [5, 5.41) is 10.7. The Hall–Kier alpha value is -3.52. The zero-order valence-electron chi connectivity index (χ0n) is 22.8. The molecule has 0 saturated carbocycles. The smallest absolute Gasteiger partial charge is 0.246 e. The standard InChI is InChI=1S/C30H38N6O2/c1-20(2)17-25-28(37)36(19-23-9-8-14-31-18-23)30(29(38)32-25)12-15-35(16-13-30)27(24-10-6-5-7-11-24)26-21(3)33-34-22(26)4/h5-11,14,18,20,25,27H,12-13,15-17,19H2,1-4H3,(H,32,38)(H,33,34). The molecule has 0 radical (unpaired) electrons. The second-order valence-electron chi connectivity index (χ2n) is 11.2. The van der Waals surface area contributed by atoms with E-state index < -0.39 is 11.6 Å². The van der Waals surface area contributed by atoms with E-state index in [1.807, 2.05) is 30.0 Å². The van der Waals surface area contributed by atoms with E-state index in [1.54, 1.807) is 12.4 Å². The zero-order chi connectivity index (χ0) is 26.9. The molecule has 2 aliphatic heterocycles. The number of nitrogens with zero attached hydrogens (tertiary/aromatic N) is 4. The topological polar surface area (TPSA) is 94.2 Å². The summed E-state index contributed by atoms with van der Waals surface area (Å²) in [7, 11) is 0. The van der Waals surface area contributed by atoms with E-state index in [4.69, 9.17) is 0 Å². The number of hydrogen-bond acceptors (Lipinski definition) is 5. The Morgan fingerprint density at radius 1 is 1.05 bits per heavy atom. The first kappa shape index (κ1) is 26.1. The monoisotopic (exact) mass is 514 g/mol. The molecule has 38 heavy (non-hydrogen) atoms. The van der Waals surface area contributed by atoms with Crippen molar-refractivity contribution in [3.05, 3.63) is 82.9 Å². The number of aryl methyl sites for hydroxylation is 2. The van der Waals surface area contributed by atoms with E-state index in [9.17, 15) is 9.59 Å². The van der Waals surface area contributed by atoms with Crippen LogP contribution in [-0.4, -0.2) is 61.5 Å². The van der Waals surface area contributed by atoms with Crippen molar-refractivity contribution in [1.82, 2.24) is 30.3 Å². The summed E-state index contributed by atoms with van der Waals surface area (Å²) in [6.07, 6.45) is 5.28. The number of likely N-dealkylation sites (tertiary alicyclic amines) is 1. The zero-order valence-corrected chi connectivity index (χ0v) is 22.8. The molecular formula is C30H38N6O2. The van der Waals surface area contributed by atoms with Gasteiger partial charge < -0.3 is 10.2 Å². The van der Waals surface area contributed by atoms with Crippen LogP contribution in [0, 0.1) is 19.8 Å². The van der Waals surface area contributed by atoms with Gasteiger partial charge in [0.1, 0.15) is 11.6 Å². The Morgan fingerprint density at radius 2 is 1.79 bits per heavy atom. The number of pyridine rings is 1. The molecule has 5 rings (SSSR count). The van der Waals surface area contributed by atoms with Crippen molar-refractivity contribution in [2.75, 3.05) is 13.1 Å². The van der Waals surface area contributed by atoms with Crippen LogP contribution in [-0.2, 0) is 16.1 Å². The molecule has 1 spiro atoms. The minimum absolute atomic E-state index is 0.0109. The van der Waals surface area contributed by atoms with Gasteiger partial charge in [0.05, 0.1) is 11.7 Å². The average molecular weight is 515 g/mol. The predicted octanol–water partition coefficient (Wildman–Crippen LogP) is 3.92. The van der Waals surface area contributed by atoms with Crippen molar-refractivity contribution in [1.29, 1.82) is 0 Å². The quantitative estimate of drug-likeness (QED) is 0.499. The maximum Gasteiger partial charge on any atom is 0.246 e. The number of piperazine rings is 1. The van der Waals surface area contributed by atoms with Crippen LogP contribution in [0.4, 0.5) is 0 Å². The van der Waals surface area contributed by atoms with Gasteiger partial charge in [0.25, 0.3) is 0 Å². The van der Waals surface area contributed by atoms with Gasteiger partial charge >= 0.3 is 0 Å². The van der Waals surface area contributed by atoms with E-state index in [0.29, 0.717) is 44.8 Å². The van der Waals surface area contributed by atoms with Gasteiger partial charge in [-0.15, -0.1) is 0 Å².